The predicted molar refractivity (Wildman–Crippen MR) is 108 cm³/mol. The van der Waals surface area contributed by atoms with E-state index in [0.717, 1.165) is 21.3 Å². The summed E-state index contributed by atoms with van der Waals surface area (Å²) in [6, 6.07) is 22.4. The van der Waals surface area contributed by atoms with Gasteiger partial charge in [-0.05, 0) is 35.9 Å². The maximum atomic E-state index is 11.2. The SMILES string of the molecule is O=C(O)c1ccccc1OCCc1cccc(OCc2ccccc2Br)c1. The molecule has 27 heavy (non-hydrogen) atoms. The quantitative estimate of drug-likeness (QED) is 0.527. The van der Waals surface area contributed by atoms with Gasteiger partial charge < -0.3 is 14.6 Å². The van der Waals surface area contributed by atoms with Gasteiger partial charge in [0, 0.05) is 16.5 Å². The molecule has 0 aliphatic heterocycles. The maximum Gasteiger partial charge on any atom is 0.339 e. The van der Waals surface area contributed by atoms with E-state index in [2.05, 4.69) is 15.9 Å². The Morgan fingerprint density at radius 3 is 2.52 bits per heavy atom. The van der Waals surface area contributed by atoms with Crippen LogP contribution in [0.1, 0.15) is 21.5 Å². The highest BCUT2D eigenvalue weighted by atomic mass is 79.9. The maximum absolute atomic E-state index is 11.2. The molecule has 0 radical (unpaired) electrons. The van der Waals surface area contributed by atoms with Gasteiger partial charge in [-0.15, -0.1) is 0 Å². The molecule has 0 atom stereocenters. The van der Waals surface area contributed by atoms with Crippen molar-refractivity contribution in [1.82, 2.24) is 0 Å². The van der Waals surface area contributed by atoms with Gasteiger partial charge in [0.2, 0.25) is 0 Å². The second-order valence-electron chi connectivity index (χ2n) is 5.93. The fourth-order valence-corrected chi connectivity index (χ4v) is 3.01. The van der Waals surface area contributed by atoms with Crippen molar-refractivity contribution in [3.8, 4) is 11.5 Å². The molecule has 0 heterocycles. The van der Waals surface area contributed by atoms with Crippen LogP contribution in [0.25, 0.3) is 0 Å². The van der Waals surface area contributed by atoms with Crippen molar-refractivity contribution in [2.45, 2.75) is 13.0 Å². The van der Waals surface area contributed by atoms with Crippen molar-refractivity contribution in [2.24, 2.45) is 0 Å². The summed E-state index contributed by atoms with van der Waals surface area (Å²) in [4.78, 5) is 11.2. The average Bonchev–Trinajstić information content (AvgIpc) is 2.68. The van der Waals surface area contributed by atoms with Crippen LogP contribution in [0.15, 0.2) is 77.3 Å². The number of carboxylic acids is 1. The number of benzene rings is 3. The number of para-hydroxylation sites is 1. The number of carbonyl (C=O) groups is 1. The molecule has 4 nitrogen and oxygen atoms in total. The van der Waals surface area contributed by atoms with Gasteiger partial charge in [0.25, 0.3) is 0 Å². The van der Waals surface area contributed by atoms with Crippen LogP contribution in [0.2, 0.25) is 0 Å². The second-order valence-corrected chi connectivity index (χ2v) is 6.78. The smallest absolute Gasteiger partial charge is 0.339 e. The molecule has 3 rings (SSSR count). The highest BCUT2D eigenvalue weighted by molar-refractivity contribution is 9.10. The molecule has 0 aliphatic carbocycles. The summed E-state index contributed by atoms with van der Waals surface area (Å²) >= 11 is 3.52. The van der Waals surface area contributed by atoms with E-state index >= 15 is 0 Å². The van der Waals surface area contributed by atoms with Gasteiger partial charge in [-0.1, -0.05) is 58.4 Å². The Bertz CT molecular complexity index is 923. The van der Waals surface area contributed by atoms with Gasteiger partial charge in [0.05, 0.1) is 6.61 Å². The van der Waals surface area contributed by atoms with E-state index in [1.165, 1.54) is 6.07 Å². The minimum atomic E-state index is -0.993. The van der Waals surface area contributed by atoms with Crippen molar-refractivity contribution in [2.75, 3.05) is 6.61 Å². The fourth-order valence-electron chi connectivity index (χ4n) is 2.62. The number of hydrogen-bond acceptors (Lipinski definition) is 3. The number of ether oxygens (including phenoxy) is 2. The van der Waals surface area contributed by atoms with Crippen LogP contribution in [-0.4, -0.2) is 17.7 Å². The van der Waals surface area contributed by atoms with Gasteiger partial charge >= 0.3 is 5.97 Å². The topological polar surface area (TPSA) is 55.8 Å². The summed E-state index contributed by atoms with van der Waals surface area (Å²) in [7, 11) is 0. The molecule has 0 spiro atoms. The molecule has 0 saturated heterocycles. The first kappa shape index (κ1) is 19.0. The van der Waals surface area contributed by atoms with Crippen molar-refractivity contribution in [1.29, 1.82) is 0 Å². The van der Waals surface area contributed by atoms with Gasteiger partial charge in [-0.3, -0.25) is 0 Å². The summed E-state index contributed by atoms with van der Waals surface area (Å²) in [5.41, 5.74) is 2.31. The number of carboxylic acid groups (broad SMARTS) is 1. The zero-order chi connectivity index (χ0) is 19.1. The molecule has 0 amide bonds. The fraction of sp³-hybridized carbons (Fsp3) is 0.136. The van der Waals surface area contributed by atoms with E-state index in [0.29, 0.717) is 25.4 Å². The molecule has 138 valence electrons. The molecule has 0 unspecified atom stereocenters. The Balaban J connectivity index is 1.57. The molecule has 0 fully saturated rings. The van der Waals surface area contributed by atoms with E-state index in [1.54, 1.807) is 18.2 Å². The molecule has 0 bridgehead atoms. The third-order valence-electron chi connectivity index (χ3n) is 4.02. The Hall–Kier alpha value is -2.79. The summed E-state index contributed by atoms with van der Waals surface area (Å²) in [6.45, 7) is 0.866. The summed E-state index contributed by atoms with van der Waals surface area (Å²) < 4.78 is 12.6. The average molecular weight is 427 g/mol. The number of halogens is 1. The second kappa shape index (κ2) is 9.24. The third kappa shape index (κ3) is 5.34. The lowest BCUT2D eigenvalue weighted by Gasteiger charge is -2.11. The lowest BCUT2D eigenvalue weighted by molar-refractivity contribution is 0.0692. The molecular formula is C22H19BrO4. The van der Waals surface area contributed by atoms with Crippen molar-refractivity contribution < 1.29 is 19.4 Å². The third-order valence-corrected chi connectivity index (χ3v) is 4.79. The largest absolute Gasteiger partial charge is 0.492 e. The summed E-state index contributed by atoms with van der Waals surface area (Å²) in [5, 5.41) is 9.19. The molecule has 0 aliphatic rings. The van der Waals surface area contributed by atoms with Crippen LogP contribution in [0.5, 0.6) is 11.5 Å². The normalized spacial score (nSPS) is 10.4. The summed E-state index contributed by atoms with van der Waals surface area (Å²) in [5.74, 6) is 0.175. The van der Waals surface area contributed by atoms with Crippen LogP contribution in [0.4, 0.5) is 0 Å². The number of hydrogen-bond donors (Lipinski definition) is 1. The first-order valence-electron chi connectivity index (χ1n) is 8.54. The van der Waals surface area contributed by atoms with Crippen LogP contribution in [0, 0.1) is 0 Å². The minimum Gasteiger partial charge on any atom is -0.492 e. The number of aromatic carboxylic acids is 1. The van der Waals surface area contributed by atoms with E-state index in [9.17, 15) is 9.90 Å². The highest BCUT2D eigenvalue weighted by Gasteiger charge is 2.10. The number of rotatable bonds is 8. The molecule has 3 aromatic rings. The standard InChI is InChI=1S/C22H19BrO4/c23-20-10-3-1-7-17(20)15-27-18-8-5-6-16(14-18)12-13-26-21-11-4-2-9-19(21)22(24)25/h1-11,14H,12-13,15H2,(H,24,25). The predicted octanol–water partition coefficient (Wildman–Crippen LogP) is 5.35. The Kier molecular flexibility index (Phi) is 6.49. The van der Waals surface area contributed by atoms with E-state index in [-0.39, 0.29) is 5.56 Å². The lowest BCUT2D eigenvalue weighted by atomic mass is 10.1. The molecular weight excluding hydrogens is 408 g/mol. The van der Waals surface area contributed by atoms with Crippen molar-refractivity contribution in [3.05, 3.63) is 94.0 Å². The minimum absolute atomic E-state index is 0.169. The monoisotopic (exact) mass is 426 g/mol. The first-order chi connectivity index (χ1) is 13.1. The van der Waals surface area contributed by atoms with Gasteiger partial charge in [-0.25, -0.2) is 4.79 Å². The zero-order valence-electron chi connectivity index (χ0n) is 14.6. The molecule has 0 aromatic heterocycles. The Morgan fingerprint density at radius 2 is 1.70 bits per heavy atom. The van der Waals surface area contributed by atoms with Crippen molar-refractivity contribution >= 4 is 21.9 Å². The molecule has 3 aromatic carbocycles. The van der Waals surface area contributed by atoms with E-state index < -0.39 is 5.97 Å². The Morgan fingerprint density at radius 1 is 0.926 bits per heavy atom. The van der Waals surface area contributed by atoms with Crippen molar-refractivity contribution in [3.63, 3.8) is 0 Å². The highest BCUT2D eigenvalue weighted by Crippen LogP contribution is 2.21. The van der Waals surface area contributed by atoms with Crippen LogP contribution in [-0.2, 0) is 13.0 Å². The van der Waals surface area contributed by atoms with Crippen LogP contribution in [0.3, 0.4) is 0 Å². The lowest BCUT2D eigenvalue weighted by Crippen LogP contribution is -2.06. The van der Waals surface area contributed by atoms with E-state index in [1.807, 2.05) is 48.5 Å². The van der Waals surface area contributed by atoms with Gasteiger partial charge in [0.15, 0.2) is 0 Å². The van der Waals surface area contributed by atoms with Gasteiger partial charge in [-0.2, -0.15) is 0 Å². The zero-order valence-corrected chi connectivity index (χ0v) is 16.2. The Labute approximate surface area is 166 Å². The molecule has 5 heteroatoms. The summed E-state index contributed by atoms with van der Waals surface area (Å²) in [6.07, 6.45) is 0.653. The van der Waals surface area contributed by atoms with Crippen LogP contribution < -0.4 is 9.47 Å². The van der Waals surface area contributed by atoms with E-state index in [4.69, 9.17) is 9.47 Å². The van der Waals surface area contributed by atoms with Gasteiger partial charge in [0.1, 0.15) is 23.7 Å². The molecule has 0 saturated carbocycles. The van der Waals surface area contributed by atoms with Crippen LogP contribution >= 0.6 is 15.9 Å². The first-order valence-corrected chi connectivity index (χ1v) is 9.33. The molecule has 1 N–H and O–H groups in total.